The molecule has 0 spiro atoms. The molecule has 0 saturated carbocycles. The number of ether oxygens (including phenoxy) is 1. The van der Waals surface area contributed by atoms with Crippen LogP contribution in [-0.4, -0.2) is 61.6 Å². The Hall–Kier alpha value is -1.43. The number of rotatable bonds is 9. The highest BCUT2D eigenvalue weighted by molar-refractivity contribution is 5.71. The Morgan fingerprint density at radius 1 is 1.33 bits per heavy atom. The lowest BCUT2D eigenvalue weighted by Gasteiger charge is -2.28. The standard InChI is InChI=1S/C12H21NO5/c1-13(2,3)9-10(8-11(15)16)18-12(17)6-4-5-7-14/h7,10H,4-6,8-9H2,1-3H3/p+1. The summed E-state index contributed by atoms with van der Waals surface area (Å²) in [5.41, 5.74) is 0. The molecule has 0 aliphatic rings. The van der Waals surface area contributed by atoms with Gasteiger partial charge in [0.1, 0.15) is 12.8 Å². The first-order valence-corrected chi connectivity index (χ1v) is 5.90. The molecule has 18 heavy (non-hydrogen) atoms. The molecule has 104 valence electrons. The second-order valence-corrected chi connectivity index (χ2v) is 5.24. The van der Waals surface area contributed by atoms with Crippen molar-refractivity contribution in [2.45, 2.75) is 31.8 Å². The van der Waals surface area contributed by atoms with Crippen molar-refractivity contribution in [2.75, 3.05) is 27.7 Å². The van der Waals surface area contributed by atoms with Crippen molar-refractivity contribution in [3.8, 4) is 0 Å². The Kier molecular flexibility index (Phi) is 7.19. The zero-order valence-electron chi connectivity index (χ0n) is 11.2. The molecule has 6 nitrogen and oxygen atoms in total. The van der Waals surface area contributed by atoms with Gasteiger partial charge >= 0.3 is 11.9 Å². The molecular formula is C12H22NO5+. The van der Waals surface area contributed by atoms with Crippen LogP contribution in [-0.2, 0) is 19.1 Å². The van der Waals surface area contributed by atoms with Crippen molar-refractivity contribution in [2.24, 2.45) is 0 Å². The lowest BCUT2D eigenvalue weighted by molar-refractivity contribution is -0.873. The van der Waals surface area contributed by atoms with Crippen molar-refractivity contribution in [1.29, 1.82) is 0 Å². The molecule has 0 aliphatic carbocycles. The molecule has 1 atom stereocenters. The van der Waals surface area contributed by atoms with Crippen molar-refractivity contribution in [3.05, 3.63) is 0 Å². The van der Waals surface area contributed by atoms with E-state index in [1.807, 2.05) is 21.1 Å². The van der Waals surface area contributed by atoms with Crippen molar-refractivity contribution in [1.82, 2.24) is 0 Å². The predicted octanol–water partition coefficient (Wildman–Crippen LogP) is 0.448. The number of carboxylic acids is 1. The summed E-state index contributed by atoms with van der Waals surface area (Å²) in [5, 5.41) is 8.76. The number of likely N-dealkylation sites (N-methyl/N-ethyl adjacent to an activating group) is 1. The quantitative estimate of drug-likeness (QED) is 0.282. The number of aldehydes is 1. The van der Waals surface area contributed by atoms with Crippen LogP contribution in [0.2, 0.25) is 0 Å². The van der Waals surface area contributed by atoms with Gasteiger partial charge in [-0.3, -0.25) is 9.59 Å². The highest BCUT2D eigenvalue weighted by Crippen LogP contribution is 2.07. The number of hydrogen-bond donors (Lipinski definition) is 1. The molecule has 6 heteroatoms. The van der Waals surface area contributed by atoms with Gasteiger partial charge in [0, 0.05) is 12.8 Å². The fourth-order valence-electron chi connectivity index (χ4n) is 1.52. The second kappa shape index (κ2) is 7.81. The molecule has 0 aliphatic heterocycles. The third-order valence-corrected chi connectivity index (χ3v) is 2.15. The van der Waals surface area contributed by atoms with E-state index in [9.17, 15) is 14.4 Å². The van der Waals surface area contributed by atoms with Crippen LogP contribution in [0.3, 0.4) is 0 Å². The molecule has 0 radical (unpaired) electrons. The van der Waals surface area contributed by atoms with Crippen LogP contribution in [0.25, 0.3) is 0 Å². The van der Waals surface area contributed by atoms with E-state index >= 15 is 0 Å². The Morgan fingerprint density at radius 3 is 2.39 bits per heavy atom. The van der Waals surface area contributed by atoms with Gasteiger partial charge < -0.3 is 19.1 Å². The van der Waals surface area contributed by atoms with E-state index in [0.29, 0.717) is 23.9 Å². The Morgan fingerprint density at radius 2 is 1.94 bits per heavy atom. The molecule has 0 saturated heterocycles. The van der Waals surface area contributed by atoms with E-state index < -0.39 is 18.0 Å². The summed E-state index contributed by atoms with van der Waals surface area (Å²) in [5.74, 6) is -1.44. The van der Waals surface area contributed by atoms with Crippen LogP contribution in [0.15, 0.2) is 0 Å². The third-order valence-electron chi connectivity index (χ3n) is 2.15. The number of hydrogen-bond acceptors (Lipinski definition) is 4. The maximum Gasteiger partial charge on any atom is 0.307 e. The van der Waals surface area contributed by atoms with E-state index in [0.717, 1.165) is 6.29 Å². The van der Waals surface area contributed by atoms with Crippen LogP contribution in [0.4, 0.5) is 0 Å². The van der Waals surface area contributed by atoms with Crippen LogP contribution in [0.1, 0.15) is 25.7 Å². The number of unbranched alkanes of at least 4 members (excludes halogenated alkanes) is 1. The zero-order chi connectivity index (χ0) is 14.2. The Bertz CT molecular complexity index is 295. The summed E-state index contributed by atoms with van der Waals surface area (Å²) < 4.78 is 5.65. The van der Waals surface area contributed by atoms with Gasteiger partial charge in [0.25, 0.3) is 0 Å². The monoisotopic (exact) mass is 260 g/mol. The molecule has 1 N–H and O–H groups in total. The highest BCUT2D eigenvalue weighted by Gasteiger charge is 2.24. The summed E-state index contributed by atoms with van der Waals surface area (Å²) in [6.45, 7) is 0.436. The minimum Gasteiger partial charge on any atom is -0.481 e. The first-order valence-electron chi connectivity index (χ1n) is 5.90. The number of aliphatic carboxylic acids is 1. The summed E-state index contributed by atoms with van der Waals surface area (Å²) in [6, 6.07) is 0. The number of carbonyl (C=O) groups is 3. The summed E-state index contributed by atoms with van der Waals surface area (Å²) in [6.07, 6.45) is 0.807. The van der Waals surface area contributed by atoms with E-state index in [-0.39, 0.29) is 12.8 Å². The van der Waals surface area contributed by atoms with Gasteiger partial charge in [0.2, 0.25) is 0 Å². The van der Waals surface area contributed by atoms with Crippen LogP contribution in [0, 0.1) is 0 Å². The maximum atomic E-state index is 11.5. The molecule has 0 rings (SSSR count). The number of esters is 1. The molecule has 0 bridgehead atoms. The van der Waals surface area contributed by atoms with Gasteiger partial charge in [-0.1, -0.05) is 0 Å². The first-order chi connectivity index (χ1) is 8.24. The van der Waals surface area contributed by atoms with E-state index in [4.69, 9.17) is 9.84 Å². The second-order valence-electron chi connectivity index (χ2n) is 5.24. The normalized spacial score (nSPS) is 12.8. The van der Waals surface area contributed by atoms with E-state index in [1.165, 1.54) is 0 Å². The fraction of sp³-hybridized carbons (Fsp3) is 0.750. The van der Waals surface area contributed by atoms with E-state index in [1.54, 1.807) is 0 Å². The van der Waals surface area contributed by atoms with Crippen LogP contribution in [0.5, 0.6) is 0 Å². The maximum absolute atomic E-state index is 11.5. The Balaban J connectivity index is 4.26. The first kappa shape index (κ1) is 16.6. The number of nitrogens with zero attached hydrogens (tertiary/aromatic N) is 1. The molecule has 1 unspecified atom stereocenters. The van der Waals surface area contributed by atoms with Gasteiger partial charge in [-0.2, -0.15) is 0 Å². The lowest BCUT2D eigenvalue weighted by atomic mass is 10.2. The zero-order valence-corrected chi connectivity index (χ0v) is 11.2. The van der Waals surface area contributed by atoms with Crippen LogP contribution < -0.4 is 0 Å². The summed E-state index contributed by atoms with van der Waals surface area (Å²) in [7, 11) is 5.69. The van der Waals surface area contributed by atoms with Gasteiger partial charge in [0.05, 0.1) is 27.6 Å². The van der Waals surface area contributed by atoms with Crippen molar-refractivity contribution >= 4 is 18.2 Å². The predicted molar refractivity (Wildman–Crippen MR) is 64.9 cm³/mol. The number of quaternary nitrogens is 1. The number of carboxylic acid groups (broad SMARTS) is 1. The van der Waals surface area contributed by atoms with Gasteiger partial charge in [-0.15, -0.1) is 0 Å². The smallest absolute Gasteiger partial charge is 0.307 e. The van der Waals surface area contributed by atoms with E-state index in [2.05, 4.69) is 0 Å². The van der Waals surface area contributed by atoms with Crippen molar-refractivity contribution in [3.63, 3.8) is 0 Å². The fourth-order valence-corrected chi connectivity index (χ4v) is 1.52. The largest absolute Gasteiger partial charge is 0.481 e. The summed E-state index contributed by atoms with van der Waals surface area (Å²) in [4.78, 5) is 32.3. The third kappa shape index (κ3) is 9.77. The molecule has 0 heterocycles. The Labute approximate surface area is 107 Å². The van der Waals surface area contributed by atoms with Crippen LogP contribution >= 0.6 is 0 Å². The highest BCUT2D eigenvalue weighted by atomic mass is 16.5. The topological polar surface area (TPSA) is 80.7 Å². The van der Waals surface area contributed by atoms with Gasteiger partial charge in [-0.25, -0.2) is 0 Å². The lowest BCUT2D eigenvalue weighted by Crippen LogP contribution is -2.43. The average Bonchev–Trinajstić information content (AvgIpc) is 2.13. The minimum absolute atomic E-state index is 0.145. The molecule has 0 aromatic rings. The molecule has 0 fully saturated rings. The van der Waals surface area contributed by atoms with Gasteiger partial charge in [-0.05, 0) is 6.42 Å². The molecule has 0 amide bonds. The minimum atomic E-state index is -0.992. The average molecular weight is 260 g/mol. The van der Waals surface area contributed by atoms with Gasteiger partial charge in [0.15, 0.2) is 6.10 Å². The SMILES string of the molecule is C[N+](C)(C)CC(CC(=O)O)OC(=O)CCCC=O. The molecule has 0 aromatic carbocycles. The molecular weight excluding hydrogens is 238 g/mol. The molecule has 0 aromatic heterocycles. The summed E-state index contributed by atoms with van der Waals surface area (Å²) >= 11 is 0. The van der Waals surface area contributed by atoms with Crippen molar-refractivity contribution < 1.29 is 28.7 Å². The number of carbonyl (C=O) groups excluding carboxylic acids is 2.